The van der Waals surface area contributed by atoms with Crippen LogP contribution < -0.4 is 21.3 Å². The van der Waals surface area contributed by atoms with E-state index in [1.54, 1.807) is 27.8 Å². The highest BCUT2D eigenvalue weighted by Crippen LogP contribution is 2.38. The van der Waals surface area contributed by atoms with E-state index in [4.69, 9.17) is 9.47 Å². The zero-order valence-electron chi connectivity index (χ0n) is 24.8. The second-order valence-corrected chi connectivity index (χ2v) is 13.2. The van der Waals surface area contributed by atoms with E-state index in [2.05, 4.69) is 21.3 Å². The maximum Gasteiger partial charge on any atom is 0.408 e. The van der Waals surface area contributed by atoms with Crippen molar-refractivity contribution >= 4 is 40.3 Å². The van der Waals surface area contributed by atoms with E-state index in [1.807, 2.05) is 36.4 Å². The number of anilines is 1. The van der Waals surface area contributed by atoms with Gasteiger partial charge in [-0.1, -0.05) is 49.6 Å². The molecule has 4 N–H and O–H groups in total. The molecule has 11 heteroatoms. The smallest absolute Gasteiger partial charge is 0.408 e. The first-order valence-electron chi connectivity index (χ1n) is 14.6. The molecule has 4 rings (SSSR count). The topological polar surface area (TPSA) is 135 Å². The molecule has 2 atom stereocenters. The SMILES string of the molecule is CNC(=O)C1(NC(=O)OCc2ccccc2)CCc2cc(NC(=O)[C@@H](NC(=O)OC(C)(C)C)C3CCCCC3)sc2C1. The minimum absolute atomic E-state index is 0.0212. The number of ether oxygens (including phenoxy) is 2. The van der Waals surface area contributed by atoms with Gasteiger partial charge in [0.05, 0.1) is 5.00 Å². The molecule has 1 fully saturated rings. The highest BCUT2D eigenvalue weighted by molar-refractivity contribution is 7.16. The maximum atomic E-state index is 13.5. The minimum Gasteiger partial charge on any atom is -0.445 e. The van der Waals surface area contributed by atoms with Crippen LogP contribution in [-0.4, -0.2) is 48.2 Å². The molecule has 0 saturated heterocycles. The Morgan fingerprint density at radius 2 is 1.76 bits per heavy atom. The highest BCUT2D eigenvalue weighted by atomic mass is 32.1. The Kier molecular flexibility index (Phi) is 10.1. The number of fused-ring (bicyclic) bond motifs is 1. The lowest BCUT2D eigenvalue weighted by Crippen LogP contribution is -2.61. The summed E-state index contributed by atoms with van der Waals surface area (Å²) in [5.74, 6) is -0.567. The van der Waals surface area contributed by atoms with Gasteiger partial charge in [-0.25, -0.2) is 9.59 Å². The molecule has 0 spiro atoms. The van der Waals surface area contributed by atoms with Crippen molar-refractivity contribution in [3.8, 4) is 0 Å². The number of rotatable bonds is 8. The van der Waals surface area contributed by atoms with E-state index < -0.39 is 29.4 Å². The third-order valence-electron chi connectivity index (χ3n) is 7.72. The lowest BCUT2D eigenvalue weighted by atomic mass is 9.81. The standard InChI is InChI=1S/C31H42N4O6S/c1-30(2,3)41-28(38)34-25(21-13-9-6-10-14-21)26(36)33-24-17-22-15-16-31(27(37)32-4,18-23(22)42-24)35-29(39)40-19-20-11-7-5-8-12-20/h5,7-8,11-12,17,21,25H,6,9-10,13-16,18-19H2,1-4H3,(H,32,37)(H,33,36)(H,34,38)(H,35,39)/t25-,31?/m0/s1. The number of aryl methyl sites for hydroxylation is 1. The summed E-state index contributed by atoms with van der Waals surface area (Å²) in [6, 6.07) is 10.5. The number of amides is 4. The van der Waals surface area contributed by atoms with Crippen molar-refractivity contribution in [2.24, 2.45) is 5.92 Å². The van der Waals surface area contributed by atoms with E-state index in [1.165, 1.54) is 11.3 Å². The van der Waals surface area contributed by atoms with Crippen LogP contribution >= 0.6 is 11.3 Å². The van der Waals surface area contributed by atoms with Gasteiger partial charge in [-0.05, 0) is 69.6 Å². The van der Waals surface area contributed by atoms with Gasteiger partial charge in [-0.2, -0.15) is 0 Å². The fraction of sp³-hybridized carbons (Fsp3) is 0.548. The van der Waals surface area contributed by atoms with Gasteiger partial charge in [0, 0.05) is 18.3 Å². The predicted molar refractivity (Wildman–Crippen MR) is 161 cm³/mol. The molecule has 228 valence electrons. The molecule has 1 heterocycles. The van der Waals surface area contributed by atoms with E-state index in [-0.39, 0.29) is 30.8 Å². The number of thiophene rings is 1. The lowest BCUT2D eigenvalue weighted by Gasteiger charge is -2.35. The molecular formula is C31H42N4O6S. The van der Waals surface area contributed by atoms with E-state index in [0.29, 0.717) is 17.8 Å². The number of hydrogen-bond acceptors (Lipinski definition) is 7. The first-order chi connectivity index (χ1) is 20.0. The van der Waals surface area contributed by atoms with Crippen molar-refractivity contribution in [2.45, 2.75) is 95.9 Å². The van der Waals surface area contributed by atoms with Gasteiger partial charge in [0.15, 0.2) is 0 Å². The zero-order chi connectivity index (χ0) is 30.3. The molecule has 0 radical (unpaired) electrons. The number of carbonyl (C=O) groups excluding carboxylic acids is 4. The first kappa shape index (κ1) is 31.3. The molecule has 10 nitrogen and oxygen atoms in total. The van der Waals surface area contributed by atoms with Gasteiger partial charge >= 0.3 is 12.2 Å². The lowest BCUT2D eigenvalue weighted by molar-refractivity contribution is -0.127. The van der Waals surface area contributed by atoms with Gasteiger partial charge < -0.3 is 30.7 Å². The van der Waals surface area contributed by atoms with Gasteiger partial charge in [0.25, 0.3) is 0 Å². The summed E-state index contributed by atoms with van der Waals surface area (Å²) in [4.78, 5) is 52.9. The average molecular weight is 599 g/mol. The van der Waals surface area contributed by atoms with Crippen molar-refractivity contribution in [1.82, 2.24) is 16.0 Å². The van der Waals surface area contributed by atoms with E-state index >= 15 is 0 Å². The molecule has 2 aliphatic rings. The second kappa shape index (κ2) is 13.6. The molecule has 2 aromatic rings. The molecule has 0 aliphatic heterocycles. The summed E-state index contributed by atoms with van der Waals surface area (Å²) in [6.45, 7) is 5.45. The molecule has 0 bridgehead atoms. The van der Waals surface area contributed by atoms with Crippen LogP contribution in [0.1, 0.15) is 75.3 Å². The fourth-order valence-corrected chi connectivity index (χ4v) is 6.88. The van der Waals surface area contributed by atoms with Crippen LogP contribution in [0.5, 0.6) is 0 Å². The van der Waals surface area contributed by atoms with Gasteiger partial charge in [-0.15, -0.1) is 11.3 Å². The largest absolute Gasteiger partial charge is 0.445 e. The molecular weight excluding hydrogens is 556 g/mol. The van der Waals surface area contributed by atoms with Crippen LogP contribution in [0.3, 0.4) is 0 Å². The van der Waals surface area contributed by atoms with Crippen molar-refractivity contribution in [2.75, 3.05) is 12.4 Å². The zero-order valence-corrected chi connectivity index (χ0v) is 25.7. The Hall–Kier alpha value is -3.60. The molecule has 1 aromatic carbocycles. The molecule has 1 unspecified atom stereocenters. The van der Waals surface area contributed by atoms with Crippen LogP contribution in [0.25, 0.3) is 0 Å². The van der Waals surface area contributed by atoms with Crippen LogP contribution in [0.15, 0.2) is 36.4 Å². The summed E-state index contributed by atoms with van der Waals surface area (Å²) in [5, 5.41) is 12.0. The van der Waals surface area contributed by atoms with Crippen molar-refractivity contribution in [3.05, 3.63) is 52.4 Å². The predicted octanol–water partition coefficient (Wildman–Crippen LogP) is 5.06. The summed E-state index contributed by atoms with van der Waals surface area (Å²) in [5.41, 5.74) is 0.0106. The second-order valence-electron chi connectivity index (χ2n) is 12.1. The third-order valence-corrected chi connectivity index (χ3v) is 8.81. The Morgan fingerprint density at radius 3 is 2.43 bits per heavy atom. The molecule has 4 amide bonds. The van der Waals surface area contributed by atoms with Gasteiger partial charge in [0.2, 0.25) is 11.8 Å². The Bertz CT molecular complexity index is 1270. The quantitative estimate of drug-likeness (QED) is 0.336. The van der Waals surface area contributed by atoms with Crippen molar-refractivity contribution in [3.63, 3.8) is 0 Å². The van der Waals surface area contributed by atoms with E-state index in [0.717, 1.165) is 48.1 Å². The van der Waals surface area contributed by atoms with Gasteiger partial charge in [0.1, 0.15) is 23.8 Å². The van der Waals surface area contributed by atoms with Crippen molar-refractivity contribution in [1.29, 1.82) is 0 Å². The fourth-order valence-electron chi connectivity index (χ4n) is 5.65. The third kappa shape index (κ3) is 8.24. The Balaban J connectivity index is 1.45. The maximum absolute atomic E-state index is 13.5. The van der Waals surface area contributed by atoms with E-state index in [9.17, 15) is 19.2 Å². The van der Waals surface area contributed by atoms with Crippen molar-refractivity contribution < 1.29 is 28.7 Å². The molecule has 1 aromatic heterocycles. The summed E-state index contributed by atoms with van der Waals surface area (Å²) in [6.07, 6.45) is 4.77. The Labute approximate surface area is 251 Å². The summed E-state index contributed by atoms with van der Waals surface area (Å²) < 4.78 is 10.9. The molecule has 1 saturated carbocycles. The number of nitrogens with one attached hydrogen (secondary N) is 4. The number of benzene rings is 1. The molecule has 42 heavy (non-hydrogen) atoms. The highest BCUT2D eigenvalue weighted by Gasteiger charge is 2.44. The average Bonchev–Trinajstić information content (AvgIpc) is 3.35. The van der Waals surface area contributed by atoms with Crippen LogP contribution in [0, 0.1) is 5.92 Å². The first-order valence-corrected chi connectivity index (χ1v) is 15.4. The normalized spacial score (nSPS) is 19.5. The minimum atomic E-state index is -1.18. The van der Waals surface area contributed by atoms with Gasteiger partial charge in [-0.3, -0.25) is 9.59 Å². The molecule has 2 aliphatic carbocycles. The summed E-state index contributed by atoms with van der Waals surface area (Å²) in [7, 11) is 1.54. The van der Waals surface area contributed by atoms with Crippen LogP contribution in [0.2, 0.25) is 0 Å². The number of hydrogen-bond donors (Lipinski definition) is 4. The van der Waals surface area contributed by atoms with Crippen LogP contribution in [0.4, 0.5) is 14.6 Å². The number of alkyl carbamates (subject to hydrolysis) is 2. The Morgan fingerprint density at radius 1 is 1.05 bits per heavy atom. The summed E-state index contributed by atoms with van der Waals surface area (Å²) >= 11 is 1.38. The number of carbonyl (C=O) groups is 4. The van der Waals surface area contributed by atoms with Crippen LogP contribution in [-0.2, 0) is 38.5 Å². The monoisotopic (exact) mass is 598 g/mol. The number of likely N-dealkylation sites (N-methyl/N-ethyl adjacent to an activating group) is 1.